The molecule has 0 saturated carbocycles. The zero-order valence-electron chi connectivity index (χ0n) is 12.1. The molecule has 2 aromatic rings. The molecule has 1 aromatic heterocycles. The molecular weight excluding hydrogens is 409 g/mol. The van der Waals surface area contributed by atoms with Crippen molar-refractivity contribution >= 4 is 45.7 Å². The molecule has 114 valence electrons. The fourth-order valence-electron chi connectivity index (χ4n) is 3.72. The molecule has 0 N–H and O–H groups in total. The van der Waals surface area contributed by atoms with E-state index in [-0.39, 0.29) is 0 Å². The fourth-order valence-corrected chi connectivity index (χ4v) is 4.32. The maximum absolute atomic E-state index is 6.33. The number of hydrogen-bond acceptors (Lipinski definition) is 3. The molecule has 0 amide bonds. The highest BCUT2D eigenvalue weighted by molar-refractivity contribution is 14.1. The Morgan fingerprint density at radius 3 is 2.36 bits per heavy atom. The Morgan fingerprint density at radius 2 is 1.73 bits per heavy atom. The summed E-state index contributed by atoms with van der Waals surface area (Å²) in [5.41, 5.74) is 1.35. The second-order valence-electron chi connectivity index (χ2n) is 5.98. The molecule has 4 rings (SSSR count). The van der Waals surface area contributed by atoms with E-state index in [1.807, 2.05) is 18.3 Å². The summed E-state index contributed by atoms with van der Waals surface area (Å²) in [6, 6.07) is 13.8. The van der Waals surface area contributed by atoms with Crippen LogP contribution in [0.1, 0.15) is 12.8 Å². The topological polar surface area (TPSA) is 19.4 Å². The van der Waals surface area contributed by atoms with Crippen molar-refractivity contribution in [2.75, 3.05) is 22.9 Å². The van der Waals surface area contributed by atoms with E-state index in [2.05, 4.69) is 61.6 Å². The highest BCUT2D eigenvalue weighted by Gasteiger charge is 2.40. The number of anilines is 2. The van der Waals surface area contributed by atoms with Crippen LogP contribution < -0.4 is 9.80 Å². The van der Waals surface area contributed by atoms with E-state index in [4.69, 9.17) is 11.6 Å². The molecule has 2 unspecified atom stereocenters. The Labute approximate surface area is 149 Å². The normalized spacial score (nSPS) is 23.9. The molecule has 2 aliphatic rings. The molecule has 22 heavy (non-hydrogen) atoms. The van der Waals surface area contributed by atoms with Crippen molar-refractivity contribution < 1.29 is 0 Å². The first-order valence-corrected chi connectivity index (χ1v) is 9.07. The van der Waals surface area contributed by atoms with E-state index in [0.29, 0.717) is 12.1 Å². The third-order valence-corrected chi connectivity index (χ3v) is 5.66. The van der Waals surface area contributed by atoms with Crippen molar-refractivity contribution in [3.05, 3.63) is 51.2 Å². The summed E-state index contributed by atoms with van der Waals surface area (Å²) < 4.78 is 1.28. The lowest BCUT2D eigenvalue weighted by molar-refractivity contribution is 0.531. The predicted octanol–water partition coefficient (Wildman–Crippen LogP) is 4.20. The summed E-state index contributed by atoms with van der Waals surface area (Å²) in [6.45, 7) is 2.00. The first-order chi connectivity index (χ1) is 10.7. The summed E-state index contributed by atoms with van der Waals surface area (Å²) in [6.07, 6.45) is 4.32. The average molecular weight is 426 g/mol. The van der Waals surface area contributed by atoms with E-state index >= 15 is 0 Å². The molecule has 1 aromatic carbocycles. The van der Waals surface area contributed by atoms with Gasteiger partial charge in [-0.3, -0.25) is 0 Å². The largest absolute Gasteiger partial charge is 0.362 e. The Morgan fingerprint density at radius 1 is 1.05 bits per heavy atom. The molecule has 2 saturated heterocycles. The third-order valence-electron chi connectivity index (χ3n) is 4.65. The number of nitrogens with zero attached hydrogens (tertiary/aromatic N) is 3. The van der Waals surface area contributed by atoms with Crippen LogP contribution in [0.15, 0.2) is 42.6 Å². The van der Waals surface area contributed by atoms with Crippen LogP contribution in [-0.4, -0.2) is 30.2 Å². The van der Waals surface area contributed by atoms with Gasteiger partial charge in [-0.1, -0.05) is 11.6 Å². The molecule has 2 fully saturated rings. The van der Waals surface area contributed by atoms with Crippen LogP contribution in [0.25, 0.3) is 0 Å². The van der Waals surface area contributed by atoms with Crippen LogP contribution >= 0.6 is 34.2 Å². The lowest BCUT2D eigenvalue weighted by Gasteiger charge is -2.43. The first-order valence-electron chi connectivity index (χ1n) is 7.62. The van der Waals surface area contributed by atoms with Gasteiger partial charge in [-0.15, -0.1) is 0 Å². The SMILES string of the molecule is Clc1cccnc1N1CC2CCC(C1)N2c1ccc(I)cc1. The standard InChI is InChI=1S/C17H17ClIN3/c18-16-2-1-9-20-17(16)21-10-14-7-8-15(11-21)22(14)13-5-3-12(19)4-6-13/h1-6,9,14-15H,7-8,10-11H2. The number of piperazine rings is 1. The van der Waals surface area contributed by atoms with Crippen molar-refractivity contribution in [3.63, 3.8) is 0 Å². The van der Waals surface area contributed by atoms with Gasteiger partial charge in [0.05, 0.1) is 5.02 Å². The average Bonchev–Trinajstić information content (AvgIpc) is 2.79. The van der Waals surface area contributed by atoms with E-state index in [0.717, 1.165) is 23.9 Å². The van der Waals surface area contributed by atoms with Gasteiger partial charge in [-0.25, -0.2) is 4.98 Å². The highest BCUT2D eigenvalue weighted by Crippen LogP contribution is 2.37. The predicted molar refractivity (Wildman–Crippen MR) is 99.9 cm³/mol. The quantitative estimate of drug-likeness (QED) is 0.672. The van der Waals surface area contributed by atoms with Gasteiger partial charge in [0.25, 0.3) is 0 Å². The van der Waals surface area contributed by atoms with Crippen molar-refractivity contribution in [1.29, 1.82) is 0 Å². The molecule has 2 bridgehead atoms. The van der Waals surface area contributed by atoms with Gasteiger partial charge >= 0.3 is 0 Å². The van der Waals surface area contributed by atoms with E-state index in [1.165, 1.54) is 22.1 Å². The Balaban J connectivity index is 1.59. The van der Waals surface area contributed by atoms with Crippen LogP contribution in [0.5, 0.6) is 0 Å². The van der Waals surface area contributed by atoms with Gasteiger partial charge in [0.2, 0.25) is 0 Å². The Kier molecular flexibility index (Phi) is 3.90. The molecule has 0 aliphatic carbocycles. The first kappa shape index (κ1) is 14.6. The summed E-state index contributed by atoms with van der Waals surface area (Å²) >= 11 is 8.68. The zero-order chi connectivity index (χ0) is 15.1. The van der Waals surface area contributed by atoms with Crippen molar-refractivity contribution in [3.8, 4) is 0 Å². The van der Waals surface area contributed by atoms with E-state index in [1.54, 1.807) is 0 Å². The van der Waals surface area contributed by atoms with E-state index in [9.17, 15) is 0 Å². The smallest absolute Gasteiger partial charge is 0.147 e. The molecular formula is C17H17ClIN3. The van der Waals surface area contributed by atoms with Crippen molar-refractivity contribution in [2.45, 2.75) is 24.9 Å². The number of benzene rings is 1. The second-order valence-corrected chi connectivity index (χ2v) is 7.64. The van der Waals surface area contributed by atoms with Crippen LogP contribution in [0.4, 0.5) is 11.5 Å². The molecule has 3 nitrogen and oxygen atoms in total. The summed E-state index contributed by atoms with van der Waals surface area (Å²) in [5.74, 6) is 0.934. The molecule has 2 aliphatic heterocycles. The fraction of sp³-hybridized carbons (Fsp3) is 0.353. The lowest BCUT2D eigenvalue weighted by atomic mass is 10.1. The van der Waals surface area contributed by atoms with Gasteiger partial charge in [-0.05, 0) is 71.8 Å². The maximum atomic E-state index is 6.33. The number of rotatable bonds is 2. The van der Waals surface area contributed by atoms with Gasteiger partial charge in [-0.2, -0.15) is 0 Å². The van der Waals surface area contributed by atoms with Crippen molar-refractivity contribution in [1.82, 2.24) is 4.98 Å². The summed E-state index contributed by atoms with van der Waals surface area (Å²) in [5, 5.41) is 0.754. The highest BCUT2D eigenvalue weighted by atomic mass is 127. The summed E-state index contributed by atoms with van der Waals surface area (Å²) in [4.78, 5) is 9.44. The van der Waals surface area contributed by atoms with Crippen LogP contribution in [0, 0.1) is 3.57 Å². The van der Waals surface area contributed by atoms with Gasteiger partial charge in [0, 0.05) is 40.6 Å². The van der Waals surface area contributed by atoms with Crippen LogP contribution in [-0.2, 0) is 0 Å². The Hall–Kier alpha value is -1.01. The number of pyridine rings is 1. The number of halogens is 2. The van der Waals surface area contributed by atoms with Gasteiger partial charge in [0.1, 0.15) is 5.82 Å². The molecule has 5 heteroatoms. The molecule has 0 radical (unpaired) electrons. The number of hydrogen-bond donors (Lipinski definition) is 0. The minimum absolute atomic E-state index is 0.553. The third kappa shape index (κ3) is 2.56. The van der Waals surface area contributed by atoms with Gasteiger partial charge in [0.15, 0.2) is 0 Å². The van der Waals surface area contributed by atoms with Crippen LogP contribution in [0.2, 0.25) is 5.02 Å². The minimum atomic E-state index is 0.553. The number of aromatic nitrogens is 1. The maximum Gasteiger partial charge on any atom is 0.147 e. The van der Waals surface area contributed by atoms with Crippen LogP contribution in [0.3, 0.4) is 0 Å². The molecule has 0 spiro atoms. The number of fused-ring (bicyclic) bond motifs is 2. The van der Waals surface area contributed by atoms with E-state index < -0.39 is 0 Å². The second kappa shape index (κ2) is 5.89. The monoisotopic (exact) mass is 425 g/mol. The lowest BCUT2D eigenvalue weighted by Crippen LogP contribution is -2.54. The molecule has 2 atom stereocenters. The van der Waals surface area contributed by atoms with Crippen molar-refractivity contribution in [2.24, 2.45) is 0 Å². The zero-order valence-corrected chi connectivity index (χ0v) is 15.0. The Bertz CT molecular complexity index is 662. The molecule has 3 heterocycles. The minimum Gasteiger partial charge on any atom is -0.362 e. The summed E-state index contributed by atoms with van der Waals surface area (Å²) in [7, 11) is 0. The van der Waals surface area contributed by atoms with Gasteiger partial charge < -0.3 is 9.80 Å².